The summed E-state index contributed by atoms with van der Waals surface area (Å²) in [4.78, 5) is 14.4. The van der Waals surface area contributed by atoms with Crippen LogP contribution < -0.4 is 9.64 Å². The largest absolute Gasteiger partial charge is 0.573 e. The first-order valence-electron chi connectivity index (χ1n) is 10.8. The molecular formula is C23H25F3N2O5S. The highest BCUT2D eigenvalue weighted by Crippen LogP contribution is 2.46. The Morgan fingerprint density at radius 3 is 2.21 bits per heavy atom. The van der Waals surface area contributed by atoms with Crippen LogP contribution in [0, 0.1) is 0 Å². The normalized spacial score (nSPS) is 25.7. The number of aliphatic carboxylic acids is 1. The van der Waals surface area contributed by atoms with E-state index in [9.17, 15) is 31.5 Å². The van der Waals surface area contributed by atoms with E-state index in [1.54, 1.807) is 38.1 Å². The maximum absolute atomic E-state index is 14.0. The number of nitrogens with zero attached hydrogens (tertiary/aromatic N) is 2. The van der Waals surface area contributed by atoms with Gasteiger partial charge in [-0.3, -0.25) is 4.79 Å². The summed E-state index contributed by atoms with van der Waals surface area (Å²) in [6, 6.07) is 11.0. The molecule has 184 valence electrons. The smallest absolute Gasteiger partial charge is 0.480 e. The van der Waals surface area contributed by atoms with Crippen molar-refractivity contribution in [1.29, 1.82) is 0 Å². The predicted octanol–water partition coefficient (Wildman–Crippen LogP) is 3.74. The third kappa shape index (κ3) is 4.00. The number of aryl methyl sites for hydroxylation is 1. The van der Waals surface area contributed by atoms with E-state index >= 15 is 0 Å². The van der Waals surface area contributed by atoms with Crippen LogP contribution >= 0.6 is 0 Å². The fourth-order valence-corrected chi connectivity index (χ4v) is 7.71. The monoisotopic (exact) mass is 498 g/mol. The van der Waals surface area contributed by atoms with Crippen LogP contribution in [0.25, 0.3) is 0 Å². The lowest BCUT2D eigenvalue weighted by atomic mass is 10.0. The van der Waals surface area contributed by atoms with E-state index in [1.807, 2.05) is 4.90 Å². The van der Waals surface area contributed by atoms with Gasteiger partial charge in [-0.1, -0.05) is 24.3 Å². The second-order valence-electron chi connectivity index (χ2n) is 8.77. The van der Waals surface area contributed by atoms with Gasteiger partial charge in [-0.05, 0) is 62.1 Å². The van der Waals surface area contributed by atoms with E-state index in [0.29, 0.717) is 23.2 Å². The topological polar surface area (TPSA) is 87.2 Å². The van der Waals surface area contributed by atoms with Gasteiger partial charge in [0.1, 0.15) is 5.75 Å². The third-order valence-electron chi connectivity index (χ3n) is 6.54. The molecule has 1 fully saturated rings. The Morgan fingerprint density at radius 1 is 1.06 bits per heavy atom. The summed E-state index contributed by atoms with van der Waals surface area (Å²) in [5.74, 6) is -1.73. The molecule has 0 bridgehead atoms. The molecule has 0 amide bonds. The average molecular weight is 499 g/mol. The molecule has 0 saturated carbocycles. The Balaban J connectivity index is 1.61. The molecule has 1 aliphatic heterocycles. The van der Waals surface area contributed by atoms with Crippen molar-refractivity contribution in [3.05, 3.63) is 59.7 Å². The SMILES string of the molecule is C[C@@H]1CN(c2ccc(OC(F)(F)F)cc2)C[C@H](C)N1S(=O)(=O)C1(C(=O)O)CCc2ccccc21. The van der Waals surface area contributed by atoms with E-state index in [1.165, 1.54) is 28.6 Å². The lowest BCUT2D eigenvalue weighted by Gasteiger charge is -2.46. The highest BCUT2D eigenvalue weighted by Gasteiger charge is 2.60. The van der Waals surface area contributed by atoms with Crippen LogP contribution in [0.4, 0.5) is 18.9 Å². The minimum Gasteiger partial charge on any atom is -0.480 e. The molecule has 1 aliphatic carbocycles. The van der Waals surface area contributed by atoms with Crippen LogP contribution in [0.2, 0.25) is 0 Å². The first kappa shape index (κ1) is 24.3. The van der Waals surface area contributed by atoms with Gasteiger partial charge in [0.15, 0.2) is 0 Å². The number of alkyl halides is 3. The highest BCUT2D eigenvalue weighted by atomic mass is 32.2. The summed E-state index contributed by atoms with van der Waals surface area (Å²) in [7, 11) is -4.30. The van der Waals surface area contributed by atoms with Crippen molar-refractivity contribution in [3.8, 4) is 5.75 Å². The second kappa shape index (κ2) is 8.46. The molecule has 7 nitrogen and oxygen atoms in total. The van der Waals surface area contributed by atoms with Gasteiger partial charge in [0.05, 0.1) is 0 Å². The lowest BCUT2D eigenvalue weighted by molar-refractivity contribution is -0.274. The molecule has 34 heavy (non-hydrogen) atoms. The first-order valence-corrected chi connectivity index (χ1v) is 12.3. The number of anilines is 1. The molecular weight excluding hydrogens is 473 g/mol. The number of rotatable bonds is 5. The number of ether oxygens (including phenoxy) is 1. The molecule has 0 aromatic heterocycles. The van der Waals surface area contributed by atoms with Crippen molar-refractivity contribution in [3.63, 3.8) is 0 Å². The molecule has 1 heterocycles. The summed E-state index contributed by atoms with van der Waals surface area (Å²) >= 11 is 0. The predicted molar refractivity (Wildman–Crippen MR) is 119 cm³/mol. The maximum atomic E-state index is 14.0. The zero-order valence-electron chi connectivity index (χ0n) is 18.6. The molecule has 11 heteroatoms. The summed E-state index contributed by atoms with van der Waals surface area (Å²) in [6.45, 7) is 3.91. The van der Waals surface area contributed by atoms with E-state index in [2.05, 4.69) is 4.74 Å². The molecule has 1 saturated heterocycles. The summed E-state index contributed by atoms with van der Waals surface area (Å²) in [5, 5.41) is 10.2. The molecule has 0 radical (unpaired) electrons. The van der Waals surface area contributed by atoms with Gasteiger partial charge in [-0.15, -0.1) is 13.2 Å². The van der Waals surface area contributed by atoms with Gasteiger partial charge in [0.2, 0.25) is 14.8 Å². The fourth-order valence-electron chi connectivity index (χ4n) is 5.21. The molecule has 2 aliphatic rings. The fraction of sp³-hybridized carbons (Fsp3) is 0.435. The van der Waals surface area contributed by atoms with Crippen molar-refractivity contribution < 1.29 is 36.2 Å². The number of hydrogen-bond donors (Lipinski definition) is 1. The molecule has 4 rings (SSSR count). The van der Waals surface area contributed by atoms with Crippen LogP contribution in [0.15, 0.2) is 48.5 Å². The van der Waals surface area contributed by atoms with Crippen LogP contribution in [-0.4, -0.2) is 55.3 Å². The minimum absolute atomic E-state index is 0.0374. The lowest BCUT2D eigenvalue weighted by Crippen LogP contribution is -2.63. The van der Waals surface area contributed by atoms with E-state index < -0.39 is 39.2 Å². The van der Waals surface area contributed by atoms with Crippen molar-refractivity contribution in [2.75, 3.05) is 18.0 Å². The molecule has 1 N–H and O–H groups in total. The second-order valence-corrected chi connectivity index (χ2v) is 10.8. The summed E-state index contributed by atoms with van der Waals surface area (Å²) in [6.07, 6.45) is -4.47. The number of halogens is 3. The number of fused-ring (bicyclic) bond motifs is 1. The molecule has 1 unspecified atom stereocenters. The van der Waals surface area contributed by atoms with E-state index in [0.717, 1.165) is 0 Å². The van der Waals surface area contributed by atoms with Crippen LogP contribution in [0.5, 0.6) is 5.75 Å². The molecule has 3 atom stereocenters. The Labute approximate surface area is 195 Å². The van der Waals surface area contributed by atoms with Crippen LogP contribution in [0.3, 0.4) is 0 Å². The van der Waals surface area contributed by atoms with Crippen molar-refractivity contribution in [2.24, 2.45) is 0 Å². The van der Waals surface area contributed by atoms with Gasteiger partial charge in [0.25, 0.3) is 0 Å². The Morgan fingerprint density at radius 2 is 1.65 bits per heavy atom. The molecule has 2 aromatic rings. The zero-order valence-corrected chi connectivity index (χ0v) is 19.4. The number of carboxylic acid groups (broad SMARTS) is 1. The van der Waals surface area contributed by atoms with Crippen LogP contribution in [0.1, 0.15) is 31.4 Å². The Hall–Kier alpha value is -2.79. The maximum Gasteiger partial charge on any atom is 0.573 e. The number of carbonyl (C=O) groups is 1. The summed E-state index contributed by atoms with van der Waals surface area (Å²) in [5.41, 5.74) is 1.64. The van der Waals surface area contributed by atoms with Crippen LogP contribution in [-0.2, 0) is 26.0 Å². The number of carboxylic acids is 1. The minimum atomic E-state index is -4.79. The molecule has 0 spiro atoms. The van der Waals surface area contributed by atoms with Crippen molar-refractivity contribution >= 4 is 21.7 Å². The molecule has 2 aromatic carbocycles. The van der Waals surface area contributed by atoms with Crippen molar-refractivity contribution in [2.45, 2.75) is 49.9 Å². The van der Waals surface area contributed by atoms with Gasteiger partial charge >= 0.3 is 12.3 Å². The zero-order chi connectivity index (χ0) is 24.9. The Kier molecular flexibility index (Phi) is 6.05. The van der Waals surface area contributed by atoms with E-state index in [4.69, 9.17) is 0 Å². The third-order valence-corrected chi connectivity index (χ3v) is 9.29. The van der Waals surface area contributed by atoms with Gasteiger partial charge < -0.3 is 14.7 Å². The Bertz CT molecular complexity index is 1170. The van der Waals surface area contributed by atoms with E-state index in [-0.39, 0.29) is 25.3 Å². The standard InChI is InChI=1S/C23H25F3N2O5S/c1-15-13-27(18-7-9-19(10-8-18)33-23(24,25)26)14-16(2)28(15)34(31,32)22(21(29)30)12-11-17-5-3-4-6-20(17)22/h3-10,15-16H,11-14H2,1-2H3,(H,29,30)/t15-,16+,22?. The van der Waals surface area contributed by atoms with Gasteiger partial charge in [-0.2, -0.15) is 4.31 Å². The van der Waals surface area contributed by atoms with Crippen molar-refractivity contribution in [1.82, 2.24) is 4.31 Å². The number of piperazine rings is 1. The highest BCUT2D eigenvalue weighted by molar-refractivity contribution is 7.91. The first-order chi connectivity index (χ1) is 15.9. The van der Waals surface area contributed by atoms with Gasteiger partial charge in [0, 0.05) is 30.9 Å². The quantitative estimate of drug-likeness (QED) is 0.676. The number of benzene rings is 2. The number of sulfonamides is 1. The number of hydrogen-bond acceptors (Lipinski definition) is 5. The van der Waals surface area contributed by atoms with Gasteiger partial charge in [-0.25, -0.2) is 8.42 Å². The summed E-state index contributed by atoms with van der Waals surface area (Å²) < 4.78 is 68.3. The average Bonchev–Trinajstić information content (AvgIpc) is 3.14.